The van der Waals surface area contributed by atoms with Gasteiger partial charge in [-0.25, -0.2) is 4.39 Å². The Morgan fingerprint density at radius 1 is 1.03 bits per heavy atom. The standard InChI is InChI=1S/C29H26FN5O2/c1-20-21(2)35(18-26-7-4-12-37-26)29(27(20)15-32)33-28(36)19-34(17-24-5-3-6-25(30)13-24)16-23-10-8-22(14-31)9-11-23/h3-13H,16-19H2,1-2H3,(H,33,36). The van der Waals surface area contributed by atoms with Crippen LogP contribution >= 0.6 is 0 Å². The molecule has 37 heavy (non-hydrogen) atoms. The van der Waals surface area contributed by atoms with E-state index in [9.17, 15) is 14.4 Å². The van der Waals surface area contributed by atoms with E-state index >= 15 is 0 Å². The van der Waals surface area contributed by atoms with E-state index in [1.807, 2.05) is 47.6 Å². The molecule has 0 spiro atoms. The van der Waals surface area contributed by atoms with Crippen molar-refractivity contribution in [3.8, 4) is 12.1 Å². The predicted molar refractivity (Wildman–Crippen MR) is 137 cm³/mol. The number of nitriles is 2. The highest BCUT2D eigenvalue weighted by atomic mass is 19.1. The van der Waals surface area contributed by atoms with Gasteiger partial charge >= 0.3 is 0 Å². The maximum absolute atomic E-state index is 13.8. The van der Waals surface area contributed by atoms with Gasteiger partial charge in [0.25, 0.3) is 0 Å². The summed E-state index contributed by atoms with van der Waals surface area (Å²) in [6.07, 6.45) is 1.58. The molecule has 186 valence electrons. The maximum Gasteiger partial charge on any atom is 0.239 e. The molecule has 0 aliphatic carbocycles. The topological polar surface area (TPSA) is 98.0 Å². The van der Waals surface area contributed by atoms with E-state index in [1.165, 1.54) is 12.1 Å². The highest BCUT2D eigenvalue weighted by Gasteiger charge is 2.22. The number of carbonyl (C=O) groups excluding carboxylic acids is 1. The number of benzene rings is 2. The van der Waals surface area contributed by atoms with Crippen molar-refractivity contribution < 1.29 is 13.6 Å². The molecule has 0 aliphatic heterocycles. The minimum atomic E-state index is -0.347. The fraction of sp³-hybridized carbons (Fsp3) is 0.207. The number of nitrogens with one attached hydrogen (secondary N) is 1. The van der Waals surface area contributed by atoms with Gasteiger partial charge in [-0.05, 0) is 66.9 Å². The van der Waals surface area contributed by atoms with Crippen molar-refractivity contribution >= 4 is 11.7 Å². The Kier molecular flexibility index (Phi) is 7.83. The molecule has 0 unspecified atom stereocenters. The fourth-order valence-corrected chi connectivity index (χ4v) is 4.27. The summed E-state index contributed by atoms with van der Waals surface area (Å²) < 4.78 is 21.2. The van der Waals surface area contributed by atoms with Crippen molar-refractivity contribution in [1.82, 2.24) is 9.47 Å². The van der Waals surface area contributed by atoms with Crippen molar-refractivity contribution in [2.75, 3.05) is 11.9 Å². The number of rotatable bonds is 9. The molecule has 0 fully saturated rings. The van der Waals surface area contributed by atoms with Gasteiger partial charge in [0, 0.05) is 18.8 Å². The van der Waals surface area contributed by atoms with Crippen LogP contribution in [0, 0.1) is 42.3 Å². The van der Waals surface area contributed by atoms with Crippen LogP contribution in [0.2, 0.25) is 0 Å². The van der Waals surface area contributed by atoms with Crippen LogP contribution in [-0.2, 0) is 24.4 Å². The maximum atomic E-state index is 13.8. The number of hydrogen-bond donors (Lipinski definition) is 1. The van der Waals surface area contributed by atoms with Gasteiger partial charge in [0.05, 0.1) is 36.5 Å². The molecular formula is C29H26FN5O2. The number of hydrogen-bond acceptors (Lipinski definition) is 5. The zero-order chi connectivity index (χ0) is 26.4. The lowest BCUT2D eigenvalue weighted by Gasteiger charge is -2.22. The number of nitrogens with zero attached hydrogens (tertiary/aromatic N) is 4. The second-order valence-electron chi connectivity index (χ2n) is 8.84. The highest BCUT2D eigenvalue weighted by Crippen LogP contribution is 2.27. The Morgan fingerprint density at radius 2 is 1.78 bits per heavy atom. The van der Waals surface area contributed by atoms with Gasteiger partial charge in [-0.1, -0.05) is 24.3 Å². The summed E-state index contributed by atoms with van der Waals surface area (Å²) in [5.41, 5.74) is 4.24. The van der Waals surface area contributed by atoms with Crippen molar-refractivity contribution in [3.05, 3.63) is 112 Å². The van der Waals surface area contributed by atoms with E-state index in [-0.39, 0.29) is 18.3 Å². The number of halogens is 1. The van der Waals surface area contributed by atoms with Crippen LogP contribution in [0.1, 0.15) is 39.3 Å². The Morgan fingerprint density at radius 3 is 2.43 bits per heavy atom. The van der Waals surface area contributed by atoms with Crippen molar-refractivity contribution in [3.63, 3.8) is 0 Å². The first-order chi connectivity index (χ1) is 17.9. The van der Waals surface area contributed by atoms with Crippen LogP contribution in [0.5, 0.6) is 0 Å². The largest absolute Gasteiger partial charge is 0.467 e. The Balaban J connectivity index is 1.58. The summed E-state index contributed by atoms with van der Waals surface area (Å²) in [5, 5.41) is 21.8. The average Bonchev–Trinajstić information content (AvgIpc) is 3.47. The minimum absolute atomic E-state index is 0.00537. The molecular weight excluding hydrogens is 469 g/mol. The lowest BCUT2D eigenvalue weighted by atomic mass is 10.1. The predicted octanol–water partition coefficient (Wildman–Crippen LogP) is 5.27. The van der Waals surface area contributed by atoms with Gasteiger partial charge in [-0.3, -0.25) is 9.69 Å². The molecule has 0 saturated carbocycles. The van der Waals surface area contributed by atoms with Gasteiger partial charge in [0.2, 0.25) is 5.91 Å². The van der Waals surface area contributed by atoms with Crippen molar-refractivity contribution in [2.45, 2.75) is 33.5 Å². The lowest BCUT2D eigenvalue weighted by molar-refractivity contribution is -0.117. The smallest absolute Gasteiger partial charge is 0.239 e. The SMILES string of the molecule is Cc1c(C#N)c(NC(=O)CN(Cc2ccc(C#N)cc2)Cc2cccc(F)c2)n(Cc2ccco2)c1C. The van der Waals surface area contributed by atoms with Gasteiger partial charge in [0.15, 0.2) is 0 Å². The molecule has 0 saturated heterocycles. The fourth-order valence-electron chi connectivity index (χ4n) is 4.27. The zero-order valence-corrected chi connectivity index (χ0v) is 20.7. The van der Waals surface area contributed by atoms with E-state index in [4.69, 9.17) is 9.68 Å². The van der Waals surface area contributed by atoms with Gasteiger partial charge < -0.3 is 14.3 Å². The van der Waals surface area contributed by atoms with E-state index in [2.05, 4.69) is 17.5 Å². The van der Waals surface area contributed by atoms with E-state index in [1.54, 1.807) is 30.5 Å². The van der Waals surface area contributed by atoms with Gasteiger partial charge in [-0.15, -0.1) is 0 Å². The van der Waals surface area contributed by atoms with Crippen LogP contribution in [0.4, 0.5) is 10.2 Å². The zero-order valence-electron chi connectivity index (χ0n) is 20.7. The first kappa shape index (κ1) is 25.4. The summed E-state index contributed by atoms with van der Waals surface area (Å²) in [5.74, 6) is 0.468. The number of carbonyl (C=O) groups is 1. The van der Waals surface area contributed by atoms with Crippen LogP contribution in [0.3, 0.4) is 0 Å². The Hall–Kier alpha value is -4.66. The van der Waals surface area contributed by atoms with Crippen LogP contribution in [0.25, 0.3) is 0 Å². The quantitative estimate of drug-likeness (QED) is 0.341. The van der Waals surface area contributed by atoms with Crippen molar-refractivity contribution in [2.24, 2.45) is 0 Å². The molecule has 0 atom stereocenters. The second-order valence-corrected chi connectivity index (χ2v) is 8.84. The van der Waals surface area contributed by atoms with Crippen LogP contribution < -0.4 is 5.32 Å². The van der Waals surface area contributed by atoms with Crippen molar-refractivity contribution in [1.29, 1.82) is 10.5 Å². The van der Waals surface area contributed by atoms with E-state index in [0.717, 1.165) is 22.4 Å². The van der Waals surface area contributed by atoms with E-state index in [0.29, 0.717) is 42.3 Å². The van der Waals surface area contributed by atoms with Gasteiger partial charge in [-0.2, -0.15) is 10.5 Å². The molecule has 2 aromatic carbocycles. The second kappa shape index (κ2) is 11.4. The average molecular weight is 496 g/mol. The number of aromatic nitrogens is 1. The molecule has 2 aromatic heterocycles. The lowest BCUT2D eigenvalue weighted by Crippen LogP contribution is -2.33. The Labute approximate surface area is 215 Å². The first-order valence-corrected chi connectivity index (χ1v) is 11.8. The molecule has 7 nitrogen and oxygen atoms in total. The summed E-state index contributed by atoms with van der Waals surface area (Å²) in [4.78, 5) is 15.2. The number of anilines is 1. The summed E-state index contributed by atoms with van der Waals surface area (Å²) in [6.45, 7) is 4.87. The Bertz CT molecular complexity index is 1470. The summed E-state index contributed by atoms with van der Waals surface area (Å²) in [6, 6.07) is 21.3. The molecule has 0 aliphatic rings. The molecule has 0 bridgehead atoms. The minimum Gasteiger partial charge on any atom is -0.467 e. The van der Waals surface area contributed by atoms with Crippen LogP contribution in [-0.4, -0.2) is 21.9 Å². The molecule has 8 heteroatoms. The first-order valence-electron chi connectivity index (χ1n) is 11.8. The third kappa shape index (κ3) is 6.13. The number of furan rings is 1. The van der Waals surface area contributed by atoms with E-state index < -0.39 is 0 Å². The van der Waals surface area contributed by atoms with Crippen LogP contribution in [0.15, 0.2) is 71.3 Å². The molecule has 1 amide bonds. The molecule has 1 N–H and O–H groups in total. The third-order valence-corrected chi connectivity index (χ3v) is 6.24. The monoisotopic (exact) mass is 495 g/mol. The molecule has 2 heterocycles. The molecule has 4 rings (SSSR count). The molecule has 4 aromatic rings. The summed E-state index contributed by atoms with van der Waals surface area (Å²) >= 11 is 0. The molecule has 0 radical (unpaired) electrons. The summed E-state index contributed by atoms with van der Waals surface area (Å²) in [7, 11) is 0. The normalized spacial score (nSPS) is 10.8. The third-order valence-electron chi connectivity index (χ3n) is 6.24. The number of amides is 1. The van der Waals surface area contributed by atoms with Gasteiger partial charge in [0.1, 0.15) is 23.5 Å². The highest BCUT2D eigenvalue weighted by molar-refractivity contribution is 5.93.